The van der Waals surface area contributed by atoms with Gasteiger partial charge < -0.3 is 4.90 Å². The molecule has 4 saturated carbocycles. The summed E-state index contributed by atoms with van der Waals surface area (Å²) in [5.41, 5.74) is 18.5. The fraction of sp³-hybridized carbons (Fsp3) is 0.333. The predicted molar refractivity (Wildman–Crippen MR) is 231 cm³/mol. The van der Waals surface area contributed by atoms with E-state index in [4.69, 9.17) is 0 Å². The number of rotatable bonds is 5. The van der Waals surface area contributed by atoms with Gasteiger partial charge in [-0.2, -0.15) is 0 Å². The molecule has 0 atom stereocenters. The molecule has 55 heavy (non-hydrogen) atoms. The second kappa shape index (κ2) is 12.1. The molecule has 1 spiro atoms. The summed E-state index contributed by atoms with van der Waals surface area (Å²) in [6, 6.07) is 53.7. The molecule has 0 N–H and O–H groups in total. The van der Waals surface area contributed by atoms with Gasteiger partial charge in [0, 0.05) is 22.4 Å². The van der Waals surface area contributed by atoms with Crippen molar-refractivity contribution in [1.82, 2.24) is 0 Å². The molecule has 0 saturated heterocycles. The van der Waals surface area contributed by atoms with Crippen LogP contribution in [-0.4, -0.2) is 0 Å². The quantitative estimate of drug-likeness (QED) is 0.172. The monoisotopic (exact) mass is 715 g/mol. The summed E-state index contributed by atoms with van der Waals surface area (Å²) in [5.74, 6) is 3.22. The molecule has 12 rings (SSSR count). The molecule has 274 valence electrons. The Morgan fingerprint density at radius 3 is 1.64 bits per heavy atom. The lowest BCUT2D eigenvalue weighted by Gasteiger charge is -2.61. The maximum absolute atomic E-state index is 2.63. The van der Waals surface area contributed by atoms with Gasteiger partial charge in [-0.3, -0.25) is 0 Å². The molecule has 6 aliphatic rings. The highest BCUT2D eigenvalue weighted by atomic mass is 15.1. The minimum Gasteiger partial charge on any atom is -0.310 e. The first-order valence-electron chi connectivity index (χ1n) is 21.2. The highest BCUT2D eigenvalue weighted by molar-refractivity contribution is 6.01. The van der Waals surface area contributed by atoms with E-state index in [-0.39, 0.29) is 16.2 Å². The van der Waals surface area contributed by atoms with E-state index >= 15 is 0 Å². The molecule has 0 aromatic heterocycles. The number of fused-ring (bicyclic) bond motifs is 4. The van der Waals surface area contributed by atoms with Crippen molar-refractivity contribution in [3.63, 3.8) is 0 Å². The summed E-state index contributed by atoms with van der Waals surface area (Å²) in [6.45, 7) is 9.81. The van der Waals surface area contributed by atoms with Crippen LogP contribution in [0.2, 0.25) is 0 Å². The Bertz CT molecular complexity index is 2400. The summed E-state index contributed by atoms with van der Waals surface area (Å²) < 4.78 is 0. The van der Waals surface area contributed by atoms with E-state index in [9.17, 15) is 0 Å². The van der Waals surface area contributed by atoms with Gasteiger partial charge in [0.25, 0.3) is 0 Å². The van der Waals surface area contributed by atoms with Crippen molar-refractivity contribution in [3.05, 3.63) is 162 Å². The first-order chi connectivity index (χ1) is 26.7. The molecular weight excluding hydrogens is 663 g/mol. The summed E-state index contributed by atoms with van der Waals surface area (Å²) >= 11 is 0. The second-order valence-corrected chi connectivity index (χ2v) is 19.2. The normalized spacial score (nSPS) is 26.0. The maximum atomic E-state index is 2.63. The van der Waals surface area contributed by atoms with Gasteiger partial charge in [-0.05, 0) is 160 Å². The topological polar surface area (TPSA) is 3.24 Å². The van der Waals surface area contributed by atoms with Gasteiger partial charge in [0.05, 0.1) is 5.69 Å². The highest BCUT2D eigenvalue weighted by Gasteiger charge is 2.62. The van der Waals surface area contributed by atoms with Crippen molar-refractivity contribution in [2.24, 2.45) is 23.7 Å². The summed E-state index contributed by atoms with van der Waals surface area (Å²) in [7, 11) is 0. The lowest BCUT2D eigenvalue weighted by molar-refractivity contribution is -0.0399. The van der Waals surface area contributed by atoms with E-state index in [0.717, 1.165) is 11.8 Å². The Morgan fingerprint density at radius 2 is 0.982 bits per heavy atom. The summed E-state index contributed by atoms with van der Waals surface area (Å²) in [5, 5.41) is 0. The summed E-state index contributed by atoms with van der Waals surface area (Å²) in [6.07, 6.45) is 9.40. The molecule has 0 unspecified atom stereocenters. The lowest BCUT2D eigenvalue weighted by Crippen LogP contribution is -2.55. The van der Waals surface area contributed by atoms with Gasteiger partial charge in [-0.15, -0.1) is 0 Å². The third-order valence-corrected chi connectivity index (χ3v) is 15.3. The first kappa shape index (κ1) is 33.5. The minimum absolute atomic E-state index is 0.0730. The third kappa shape index (κ3) is 4.90. The van der Waals surface area contributed by atoms with Crippen molar-refractivity contribution >= 4 is 17.1 Å². The van der Waals surface area contributed by atoms with Crippen LogP contribution in [-0.2, 0) is 16.2 Å². The lowest BCUT2D eigenvalue weighted by atomic mass is 9.43. The molecule has 0 radical (unpaired) electrons. The number of hydrogen-bond acceptors (Lipinski definition) is 1. The van der Waals surface area contributed by atoms with Gasteiger partial charge in [0.15, 0.2) is 0 Å². The van der Waals surface area contributed by atoms with Crippen molar-refractivity contribution in [2.45, 2.75) is 88.9 Å². The van der Waals surface area contributed by atoms with Gasteiger partial charge in [0.1, 0.15) is 0 Å². The maximum Gasteiger partial charge on any atom is 0.0543 e. The van der Waals surface area contributed by atoms with Crippen LogP contribution in [0.15, 0.2) is 140 Å². The third-order valence-electron chi connectivity index (χ3n) is 15.3. The van der Waals surface area contributed by atoms with Crippen LogP contribution < -0.4 is 4.90 Å². The molecule has 6 aliphatic carbocycles. The molecule has 6 aromatic rings. The molecule has 0 aliphatic heterocycles. The van der Waals surface area contributed by atoms with E-state index in [2.05, 4.69) is 172 Å². The zero-order chi connectivity index (χ0) is 37.1. The number of nitrogens with zero attached hydrogens (tertiary/aromatic N) is 1. The molecule has 0 heterocycles. The van der Waals surface area contributed by atoms with Crippen molar-refractivity contribution in [2.75, 3.05) is 4.90 Å². The van der Waals surface area contributed by atoms with Gasteiger partial charge >= 0.3 is 0 Å². The Labute approximate surface area is 328 Å². The Kier molecular flexibility index (Phi) is 7.34. The molecule has 6 aromatic carbocycles. The Balaban J connectivity index is 1.19. The average Bonchev–Trinajstić information content (AvgIpc) is 3.51. The van der Waals surface area contributed by atoms with Gasteiger partial charge in [-0.1, -0.05) is 137 Å². The number of anilines is 3. The van der Waals surface area contributed by atoms with E-state index in [0.29, 0.717) is 11.8 Å². The smallest absolute Gasteiger partial charge is 0.0543 e. The molecule has 1 heteroatoms. The fourth-order valence-corrected chi connectivity index (χ4v) is 12.9. The van der Waals surface area contributed by atoms with Crippen LogP contribution in [0.4, 0.5) is 17.1 Å². The zero-order valence-electron chi connectivity index (χ0n) is 33.0. The summed E-state index contributed by atoms with van der Waals surface area (Å²) in [4.78, 5) is 2.63. The molecule has 4 fully saturated rings. The van der Waals surface area contributed by atoms with Crippen LogP contribution in [0.25, 0.3) is 33.4 Å². The molecule has 1 nitrogen and oxygen atoms in total. The van der Waals surface area contributed by atoms with Crippen molar-refractivity contribution in [1.29, 1.82) is 0 Å². The largest absolute Gasteiger partial charge is 0.310 e. The van der Waals surface area contributed by atoms with Crippen LogP contribution >= 0.6 is 0 Å². The number of hydrogen-bond donors (Lipinski definition) is 0. The predicted octanol–water partition coefficient (Wildman–Crippen LogP) is 14.6. The number of benzene rings is 6. The highest BCUT2D eigenvalue weighted by Crippen LogP contribution is 2.71. The zero-order valence-corrected chi connectivity index (χ0v) is 33.0. The Morgan fingerprint density at radius 1 is 0.436 bits per heavy atom. The van der Waals surface area contributed by atoms with Gasteiger partial charge in [0.2, 0.25) is 0 Å². The minimum atomic E-state index is 0.0730. The van der Waals surface area contributed by atoms with Crippen LogP contribution in [0.1, 0.15) is 94.9 Å². The standard InChI is InChI=1S/C54H53N/c1-52(2)27-28-53(3,4)48-34-43(25-26-45(48)52)55(42-23-21-38(22-24-42)37-13-7-5-8-14-37)49-20-12-19-47-51(49)50-44(39-15-9-6-10-16-39)17-11-18-46(50)54(47)40-30-35-29-36(32-40)33-41(54)31-35/h5-26,34-36,40-41H,27-33H2,1-4H3. The molecule has 0 amide bonds. The fourth-order valence-electron chi connectivity index (χ4n) is 12.9. The van der Waals surface area contributed by atoms with E-state index in [1.165, 1.54) is 107 Å². The Hall–Kier alpha value is -4.88. The van der Waals surface area contributed by atoms with E-state index in [1.54, 1.807) is 11.1 Å². The average molecular weight is 716 g/mol. The van der Waals surface area contributed by atoms with Crippen LogP contribution in [0.5, 0.6) is 0 Å². The second-order valence-electron chi connectivity index (χ2n) is 19.2. The van der Waals surface area contributed by atoms with Gasteiger partial charge in [-0.25, -0.2) is 0 Å². The van der Waals surface area contributed by atoms with Crippen LogP contribution in [0, 0.1) is 23.7 Å². The first-order valence-corrected chi connectivity index (χ1v) is 21.2. The molecule has 4 bridgehead atoms. The molecular formula is C54H53N. The van der Waals surface area contributed by atoms with Crippen LogP contribution in [0.3, 0.4) is 0 Å². The SMILES string of the molecule is CC1(C)CCC(C)(C)c2cc(N(c3ccc(-c4ccccc4)cc3)c3cccc4c3-c3c(-c5ccccc5)cccc3C43C4CC5CC(C4)CC3C5)ccc21. The van der Waals surface area contributed by atoms with E-state index in [1.807, 2.05) is 0 Å². The van der Waals surface area contributed by atoms with E-state index < -0.39 is 0 Å². The van der Waals surface area contributed by atoms with Crippen molar-refractivity contribution in [3.8, 4) is 33.4 Å². The van der Waals surface area contributed by atoms with Crippen molar-refractivity contribution < 1.29 is 0 Å².